The Morgan fingerprint density at radius 2 is 1.53 bits per heavy atom. The largest absolute Gasteiger partial charge is 0.333 e. The number of nitrogens with zero attached hydrogens (tertiary/aromatic N) is 2. The maximum atomic E-state index is 13.2. The summed E-state index contributed by atoms with van der Waals surface area (Å²) in [4.78, 5) is 19.0. The first kappa shape index (κ1) is 23.1. The number of rotatable bonds is 8. The van der Waals surface area contributed by atoms with Crippen molar-refractivity contribution in [3.8, 4) is 0 Å². The van der Waals surface area contributed by atoms with E-state index in [0.717, 1.165) is 42.8 Å². The van der Waals surface area contributed by atoms with E-state index in [-0.39, 0.29) is 11.9 Å². The van der Waals surface area contributed by atoms with Gasteiger partial charge in [0.15, 0.2) is 0 Å². The number of hydrogen-bond acceptors (Lipinski definition) is 3. The number of benzene rings is 3. The highest BCUT2D eigenvalue weighted by molar-refractivity contribution is 9.10. The van der Waals surface area contributed by atoms with Gasteiger partial charge >= 0.3 is 0 Å². The average Bonchev–Trinajstić information content (AvgIpc) is 3.02. The molecular formula is C27H29BrN2OS. The van der Waals surface area contributed by atoms with E-state index in [1.807, 2.05) is 17.8 Å². The van der Waals surface area contributed by atoms with Gasteiger partial charge in [0, 0.05) is 47.7 Å². The maximum Gasteiger partial charge on any atom is 0.224 e. The summed E-state index contributed by atoms with van der Waals surface area (Å²) in [5, 5.41) is 0. The molecule has 0 bridgehead atoms. The minimum atomic E-state index is 0.0754. The third kappa shape index (κ3) is 6.47. The Morgan fingerprint density at radius 3 is 2.25 bits per heavy atom. The van der Waals surface area contributed by atoms with E-state index in [9.17, 15) is 4.79 Å². The molecule has 1 heterocycles. The summed E-state index contributed by atoms with van der Waals surface area (Å²) < 4.78 is 1.08. The Balaban J connectivity index is 1.43. The summed E-state index contributed by atoms with van der Waals surface area (Å²) in [5.41, 5.74) is 2.57. The molecule has 0 spiro atoms. The van der Waals surface area contributed by atoms with Gasteiger partial charge in [-0.05, 0) is 41.8 Å². The summed E-state index contributed by atoms with van der Waals surface area (Å²) in [6, 6.07) is 29.6. The fourth-order valence-electron chi connectivity index (χ4n) is 4.12. The molecule has 1 atom stereocenters. The topological polar surface area (TPSA) is 23.6 Å². The quantitative estimate of drug-likeness (QED) is 0.345. The van der Waals surface area contributed by atoms with Gasteiger partial charge in [-0.2, -0.15) is 0 Å². The molecule has 3 nitrogen and oxygen atoms in total. The molecule has 1 fully saturated rings. The number of halogens is 1. The van der Waals surface area contributed by atoms with Crippen molar-refractivity contribution < 1.29 is 4.79 Å². The molecule has 0 aliphatic carbocycles. The molecule has 1 amide bonds. The van der Waals surface area contributed by atoms with Crippen LogP contribution in [0.4, 0.5) is 0 Å². The lowest BCUT2D eigenvalue weighted by molar-refractivity contribution is -0.132. The fraction of sp³-hybridized carbons (Fsp3) is 0.296. The molecule has 1 aliphatic rings. The van der Waals surface area contributed by atoms with Crippen molar-refractivity contribution in [1.29, 1.82) is 0 Å². The average molecular weight is 510 g/mol. The van der Waals surface area contributed by atoms with Crippen molar-refractivity contribution >= 4 is 33.6 Å². The Labute approximate surface area is 203 Å². The van der Waals surface area contributed by atoms with Gasteiger partial charge in [-0.3, -0.25) is 4.79 Å². The Morgan fingerprint density at radius 1 is 0.844 bits per heavy atom. The molecule has 5 heteroatoms. The highest BCUT2D eigenvalue weighted by Gasteiger charge is 2.28. The smallest absolute Gasteiger partial charge is 0.224 e. The molecule has 0 radical (unpaired) electrons. The fourth-order valence-corrected chi connectivity index (χ4v) is 5.43. The number of hydrogen-bond donors (Lipinski definition) is 0. The number of amides is 1. The second-order valence-electron chi connectivity index (χ2n) is 8.11. The zero-order valence-electron chi connectivity index (χ0n) is 18.2. The molecule has 3 aromatic carbocycles. The van der Waals surface area contributed by atoms with E-state index >= 15 is 0 Å². The third-order valence-electron chi connectivity index (χ3n) is 5.96. The zero-order valence-corrected chi connectivity index (χ0v) is 20.6. The van der Waals surface area contributed by atoms with Crippen LogP contribution in [0.1, 0.15) is 23.6 Å². The van der Waals surface area contributed by atoms with Gasteiger partial charge in [0.05, 0.1) is 6.04 Å². The first-order valence-corrected chi connectivity index (χ1v) is 13.0. The van der Waals surface area contributed by atoms with Crippen LogP contribution in [0, 0.1) is 0 Å². The van der Waals surface area contributed by atoms with Crippen molar-refractivity contribution in [2.45, 2.75) is 23.8 Å². The monoisotopic (exact) mass is 508 g/mol. The second-order valence-corrected chi connectivity index (χ2v) is 10.1. The highest BCUT2D eigenvalue weighted by atomic mass is 79.9. The van der Waals surface area contributed by atoms with Gasteiger partial charge in [-0.25, -0.2) is 0 Å². The molecule has 4 rings (SSSR count). The summed E-state index contributed by atoms with van der Waals surface area (Å²) in [7, 11) is 0. The van der Waals surface area contributed by atoms with Gasteiger partial charge in [0.2, 0.25) is 5.91 Å². The van der Waals surface area contributed by atoms with Crippen LogP contribution in [0.25, 0.3) is 0 Å². The van der Waals surface area contributed by atoms with Crippen LogP contribution in [-0.4, -0.2) is 47.6 Å². The standard InChI is InChI=1S/C27H29BrN2OS/c28-24-11-13-25(14-12-24)32-21-26(23-9-5-2-6-10-23)30-20-19-29(18-16-27(30)31)17-15-22-7-3-1-4-8-22/h1-14,26H,15-21H2/t26-/m1/s1. The van der Waals surface area contributed by atoms with Crippen LogP contribution < -0.4 is 0 Å². The van der Waals surface area contributed by atoms with Gasteiger partial charge in [0.25, 0.3) is 0 Å². The molecule has 0 aromatic heterocycles. The van der Waals surface area contributed by atoms with Crippen LogP contribution in [0.5, 0.6) is 0 Å². The van der Waals surface area contributed by atoms with Crippen molar-refractivity contribution in [3.63, 3.8) is 0 Å². The third-order valence-corrected chi connectivity index (χ3v) is 7.58. The summed E-state index contributed by atoms with van der Waals surface area (Å²) in [6.07, 6.45) is 1.61. The van der Waals surface area contributed by atoms with Crippen LogP contribution in [0.15, 0.2) is 94.3 Å². The Hall–Kier alpha value is -2.08. The molecule has 0 saturated carbocycles. The van der Waals surface area contributed by atoms with Gasteiger partial charge in [-0.15, -0.1) is 11.8 Å². The number of carbonyl (C=O) groups excluding carboxylic acids is 1. The predicted octanol–water partition coefficient (Wildman–Crippen LogP) is 6.06. The Bertz CT molecular complexity index is 982. The van der Waals surface area contributed by atoms with E-state index in [1.165, 1.54) is 16.0 Å². The lowest BCUT2D eigenvalue weighted by Gasteiger charge is -2.31. The minimum absolute atomic E-state index is 0.0754. The van der Waals surface area contributed by atoms with E-state index < -0.39 is 0 Å². The van der Waals surface area contributed by atoms with Crippen LogP contribution in [0.2, 0.25) is 0 Å². The second kappa shape index (κ2) is 11.7. The van der Waals surface area contributed by atoms with Gasteiger partial charge in [-0.1, -0.05) is 76.6 Å². The Kier molecular flexibility index (Phi) is 8.43. The van der Waals surface area contributed by atoms with Crippen molar-refractivity contribution in [2.75, 3.05) is 31.9 Å². The lowest BCUT2D eigenvalue weighted by Crippen LogP contribution is -2.38. The summed E-state index contributed by atoms with van der Waals surface area (Å²) in [5.74, 6) is 1.11. The predicted molar refractivity (Wildman–Crippen MR) is 137 cm³/mol. The van der Waals surface area contributed by atoms with Crippen LogP contribution in [-0.2, 0) is 11.2 Å². The number of carbonyl (C=O) groups is 1. The van der Waals surface area contributed by atoms with E-state index in [1.54, 1.807) is 0 Å². The van der Waals surface area contributed by atoms with Crippen molar-refractivity contribution in [3.05, 3.63) is 101 Å². The lowest BCUT2D eigenvalue weighted by atomic mass is 10.1. The highest BCUT2D eigenvalue weighted by Crippen LogP contribution is 2.31. The van der Waals surface area contributed by atoms with E-state index in [4.69, 9.17) is 0 Å². The minimum Gasteiger partial charge on any atom is -0.333 e. The van der Waals surface area contributed by atoms with E-state index in [2.05, 4.69) is 105 Å². The van der Waals surface area contributed by atoms with Gasteiger partial charge < -0.3 is 9.80 Å². The van der Waals surface area contributed by atoms with Crippen LogP contribution >= 0.6 is 27.7 Å². The summed E-state index contributed by atoms with van der Waals surface area (Å²) >= 11 is 5.32. The summed E-state index contributed by atoms with van der Waals surface area (Å²) in [6.45, 7) is 3.53. The molecule has 166 valence electrons. The van der Waals surface area contributed by atoms with Gasteiger partial charge in [0.1, 0.15) is 0 Å². The molecular weight excluding hydrogens is 480 g/mol. The van der Waals surface area contributed by atoms with E-state index in [0.29, 0.717) is 6.42 Å². The number of thioether (sulfide) groups is 1. The maximum absolute atomic E-state index is 13.2. The SMILES string of the molecule is O=C1CCN(CCc2ccccc2)CCN1[C@H](CSc1ccc(Br)cc1)c1ccccc1. The molecule has 3 aromatic rings. The van der Waals surface area contributed by atoms with Crippen molar-refractivity contribution in [1.82, 2.24) is 9.80 Å². The first-order chi connectivity index (χ1) is 15.7. The van der Waals surface area contributed by atoms with Crippen LogP contribution in [0.3, 0.4) is 0 Å². The normalized spacial score (nSPS) is 16.0. The molecule has 0 unspecified atom stereocenters. The molecule has 0 N–H and O–H groups in total. The molecule has 1 aliphatic heterocycles. The molecule has 1 saturated heterocycles. The van der Waals surface area contributed by atoms with Crippen molar-refractivity contribution in [2.24, 2.45) is 0 Å². The first-order valence-electron chi connectivity index (χ1n) is 11.2. The molecule has 32 heavy (non-hydrogen) atoms. The zero-order chi connectivity index (χ0) is 22.2.